The molecule has 2 aromatic rings. The molecule has 0 fully saturated rings. The second-order valence-corrected chi connectivity index (χ2v) is 5.11. The van der Waals surface area contributed by atoms with Gasteiger partial charge in [0.1, 0.15) is 0 Å². The molecule has 0 amide bonds. The van der Waals surface area contributed by atoms with Crippen LogP contribution in [-0.4, -0.2) is 12.3 Å². The highest BCUT2D eigenvalue weighted by Gasteiger charge is 2.22. The number of Topliss-reactive ketones (excluding diaryl/α,β-unsaturated/α-hetero) is 1. The molecule has 2 nitrogen and oxygen atoms in total. The van der Waals surface area contributed by atoms with Crippen LogP contribution >= 0.6 is 11.6 Å². The number of benzene rings is 2. The first-order valence-electron chi connectivity index (χ1n) is 6.36. The maximum atomic E-state index is 11.9. The zero-order valence-electron chi connectivity index (χ0n) is 10.5. The van der Waals surface area contributed by atoms with Gasteiger partial charge in [-0.1, -0.05) is 41.9 Å². The summed E-state index contributed by atoms with van der Waals surface area (Å²) in [4.78, 5) is 14.1. The molecule has 0 atom stereocenters. The summed E-state index contributed by atoms with van der Waals surface area (Å²) in [6.07, 6.45) is 0.571. The highest BCUT2D eigenvalue weighted by Crippen LogP contribution is 2.29. The maximum Gasteiger partial charge on any atom is 0.166 e. The maximum absolute atomic E-state index is 11.9. The van der Waals surface area contributed by atoms with Gasteiger partial charge in [-0.3, -0.25) is 4.79 Å². The van der Waals surface area contributed by atoms with Gasteiger partial charge in [-0.25, -0.2) is 0 Å². The SMILES string of the molecule is O=C1CCN(Cc2ccccc2Cl)c2ccccc21. The second kappa shape index (κ2) is 5.06. The molecule has 0 saturated heterocycles. The van der Waals surface area contributed by atoms with Gasteiger partial charge in [0.15, 0.2) is 5.78 Å². The minimum Gasteiger partial charge on any atom is -0.366 e. The number of rotatable bonds is 2. The molecule has 0 aromatic heterocycles. The molecule has 0 spiro atoms. The van der Waals surface area contributed by atoms with Gasteiger partial charge in [-0.05, 0) is 23.8 Å². The third-order valence-corrected chi connectivity index (χ3v) is 3.84. The van der Waals surface area contributed by atoms with Crippen LogP contribution in [0.1, 0.15) is 22.3 Å². The quantitative estimate of drug-likeness (QED) is 0.825. The Kier molecular flexibility index (Phi) is 3.26. The summed E-state index contributed by atoms with van der Waals surface area (Å²) in [6.45, 7) is 1.49. The summed E-state index contributed by atoms with van der Waals surface area (Å²) < 4.78 is 0. The van der Waals surface area contributed by atoms with Gasteiger partial charge in [0.05, 0.1) is 0 Å². The van der Waals surface area contributed by atoms with Crippen molar-refractivity contribution < 1.29 is 4.79 Å². The fourth-order valence-electron chi connectivity index (χ4n) is 2.47. The fraction of sp³-hybridized carbons (Fsp3) is 0.188. The molecule has 1 aliphatic heterocycles. The van der Waals surface area contributed by atoms with E-state index in [1.165, 1.54) is 0 Å². The summed E-state index contributed by atoms with van der Waals surface area (Å²) in [7, 11) is 0. The largest absolute Gasteiger partial charge is 0.366 e. The lowest BCUT2D eigenvalue weighted by Gasteiger charge is -2.30. The van der Waals surface area contributed by atoms with Gasteiger partial charge in [-0.15, -0.1) is 0 Å². The third kappa shape index (κ3) is 2.36. The van der Waals surface area contributed by atoms with Crippen LogP contribution in [0.2, 0.25) is 5.02 Å². The van der Waals surface area contributed by atoms with Gasteiger partial charge >= 0.3 is 0 Å². The number of halogens is 1. The zero-order valence-corrected chi connectivity index (χ0v) is 11.2. The Morgan fingerprint density at radius 2 is 1.79 bits per heavy atom. The van der Waals surface area contributed by atoms with Gasteiger partial charge in [-0.2, -0.15) is 0 Å². The van der Waals surface area contributed by atoms with Gasteiger partial charge in [0.2, 0.25) is 0 Å². The van der Waals surface area contributed by atoms with Crippen LogP contribution in [0.5, 0.6) is 0 Å². The first-order valence-corrected chi connectivity index (χ1v) is 6.74. The smallest absolute Gasteiger partial charge is 0.166 e. The number of para-hydroxylation sites is 1. The fourth-order valence-corrected chi connectivity index (χ4v) is 2.67. The highest BCUT2D eigenvalue weighted by atomic mass is 35.5. The predicted octanol–water partition coefficient (Wildman–Crippen LogP) is 3.93. The summed E-state index contributed by atoms with van der Waals surface area (Å²) in [5, 5.41) is 0.775. The number of hydrogen-bond acceptors (Lipinski definition) is 2. The van der Waals surface area contributed by atoms with E-state index in [2.05, 4.69) is 4.90 Å². The molecule has 96 valence electrons. The van der Waals surface area contributed by atoms with E-state index in [9.17, 15) is 4.79 Å². The third-order valence-electron chi connectivity index (χ3n) is 3.47. The van der Waals surface area contributed by atoms with Crippen molar-refractivity contribution in [3.05, 3.63) is 64.7 Å². The zero-order chi connectivity index (χ0) is 13.2. The molecule has 1 aliphatic rings. The van der Waals surface area contributed by atoms with Crippen molar-refractivity contribution in [2.75, 3.05) is 11.4 Å². The number of carbonyl (C=O) groups is 1. The van der Waals surface area contributed by atoms with Crippen molar-refractivity contribution in [3.63, 3.8) is 0 Å². The lowest BCUT2D eigenvalue weighted by atomic mass is 10.00. The van der Waals surface area contributed by atoms with Gasteiger partial charge in [0, 0.05) is 35.8 Å². The summed E-state index contributed by atoms with van der Waals surface area (Å²) >= 11 is 6.21. The average Bonchev–Trinajstić information content (AvgIpc) is 2.44. The van der Waals surface area contributed by atoms with Crippen LogP contribution in [0, 0.1) is 0 Å². The van der Waals surface area contributed by atoms with Crippen LogP contribution in [0.3, 0.4) is 0 Å². The molecule has 0 radical (unpaired) electrons. The van der Waals surface area contributed by atoms with E-state index in [-0.39, 0.29) is 5.78 Å². The van der Waals surface area contributed by atoms with Gasteiger partial charge in [0.25, 0.3) is 0 Å². The standard InChI is InChI=1S/C16H14ClNO/c17-14-7-3-1-5-12(14)11-18-10-9-16(19)13-6-2-4-8-15(13)18/h1-8H,9-11H2. The number of fused-ring (bicyclic) bond motifs is 1. The average molecular weight is 272 g/mol. The minimum atomic E-state index is 0.228. The summed E-state index contributed by atoms with van der Waals surface area (Å²) in [5.41, 5.74) is 2.92. The molecule has 3 heteroatoms. The van der Waals surface area contributed by atoms with E-state index in [1.54, 1.807) is 0 Å². The van der Waals surface area contributed by atoms with E-state index in [0.29, 0.717) is 6.42 Å². The van der Waals surface area contributed by atoms with Crippen LogP contribution in [0.25, 0.3) is 0 Å². The number of carbonyl (C=O) groups excluding carboxylic acids is 1. The van der Waals surface area contributed by atoms with Crippen LogP contribution in [0.15, 0.2) is 48.5 Å². The van der Waals surface area contributed by atoms with E-state index in [0.717, 1.165) is 34.9 Å². The monoisotopic (exact) mass is 271 g/mol. The van der Waals surface area contributed by atoms with Crippen LogP contribution in [-0.2, 0) is 6.54 Å². The number of hydrogen-bond donors (Lipinski definition) is 0. The second-order valence-electron chi connectivity index (χ2n) is 4.70. The summed E-state index contributed by atoms with van der Waals surface area (Å²) in [6, 6.07) is 15.6. The van der Waals surface area contributed by atoms with E-state index in [4.69, 9.17) is 11.6 Å². The normalized spacial score (nSPS) is 14.4. The molecule has 0 saturated carbocycles. The lowest BCUT2D eigenvalue weighted by Crippen LogP contribution is -2.31. The first kappa shape index (κ1) is 12.2. The van der Waals surface area contributed by atoms with Crippen LogP contribution in [0.4, 0.5) is 5.69 Å². The van der Waals surface area contributed by atoms with E-state index in [1.807, 2.05) is 48.5 Å². The Balaban J connectivity index is 1.93. The Labute approximate surface area is 117 Å². The van der Waals surface area contributed by atoms with Crippen LogP contribution < -0.4 is 4.90 Å². The van der Waals surface area contributed by atoms with E-state index < -0.39 is 0 Å². The van der Waals surface area contributed by atoms with Crippen molar-refractivity contribution in [2.45, 2.75) is 13.0 Å². The molecular weight excluding hydrogens is 258 g/mol. The predicted molar refractivity (Wildman–Crippen MR) is 77.9 cm³/mol. The van der Waals surface area contributed by atoms with Gasteiger partial charge < -0.3 is 4.90 Å². The molecule has 0 aliphatic carbocycles. The van der Waals surface area contributed by atoms with E-state index >= 15 is 0 Å². The minimum absolute atomic E-state index is 0.228. The topological polar surface area (TPSA) is 20.3 Å². The molecule has 0 bridgehead atoms. The van der Waals surface area contributed by atoms with Crippen molar-refractivity contribution in [3.8, 4) is 0 Å². The van der Waals surface area contributed by atoms with Crippen molar-refractivity contribution in [1.82, 2.24) is 0 Å². The Morgan fingerprint density at radius 3 is 2.63 bits per heavy atom. The molecule has 0 unspecified atom stereocenters. The van der Waals surface area contributed by atoms with Crippen molar-refractivity contribution in [2.24, 2.45) is 0 Å². The van der Waals surface area contributed by atoms with Crippen molar-refractivity contribution >= 4 is 23.1 Å². The van der Waals surface area contributed by atoms with Crippen molar-refractivity contribution in [1.29, 1.82) is 0 Å². The Morgan fingerprint density at radius 1 is 1.05 bits per heavy atom. The number of ketones is 1. The number of nitrogens with zero attached hydrogens (tertiary/aromatic N) is 1. The molecule has 19 heavy (non-hydrogen) atoms. The Hall–Kier alpha value is -1.80. The molecule has 1 heterocycles. The molecule has 3 rings (SSSR count). The highest BCUT2D eigenvalue weighted by molar-refractivity contribution is 6.31. The Bertz CT molecular complexity index is 624. The molecular formula is C16H14ClNO. The number of anilines is 1. The first-order chi connectivity index (χ1) is 9.25. The molecule has 0 N–H and O–H groups in total. The lowest BCUT2D eigenvalue weighted by molar-refractivity contribution is 0.0979. The molecule has 2 aromatic carbocycles. The summed E-state index contributed by atoms with van der Waals surface area (Å²) in [5.74, 6) is 0.228.